The third-order valence-corrected chi connectivity index (χ3v) is 4.15. The molecule has 0 aliphatic carbocycles. The van der Waals surface area contributed by atoms with Gasteiger partial charge in [-0.15, -0.1) is 0 Å². The molecule has 150 valence electrons. The molecule has 0 bridgehead atoms. The Labute approximate surface area is 156 Å². The van der Waals surface area contributed by atoms with Crippen LogP contribution in [0.1, 0.15) is 12.0 Å². The molecule has 1 unspecified atom stereocenters. The molecule has 4 rings (SSSR count). The molecule has 1 atom stereocenters. The molecule has 1 aliphatic rings. The monoisotopic (exact) mass is 400 g/mol. The van der Waals surface area contributed by atoms with E-state index in [0.29, 0.717) is 23.2 Å². The van der Waals surface area contributed by atoms with Crippen LogP contribution in [0.3, 0.4) is 0 Å². The quantitative estimate of drug-likeness (QED) is 0.659. The second kappa shape index (κ2) is 8.46. The van der Waals surface area contributed by atoms with Gasteiger partial charge >= 0.3 is 6.18 Å². The predicted octanol–water partition coefficient (Wildman–Crippen LogP) is 3.47. The zero-order chi connectivity index (χ0) is 20.1. The molecule has 0 amide bonds. The zero-order valence-electron chi connectivity index (χ0n) is 14.5. The maximum Gasteiger partial charge on any atom is 0.416 e. The van der Waals surface area contributed by atoms with E-state index < -0.39 is 18.7 Å². The van der Waals surface area contributed by atoms with Crippen molar-refractivity contribution >= 4 is 11.5 Å². The van der Waals surface area contributed by atoms with Crippen LogP contribution in [-0.4, -0.2) is 45.4 Å². The van der Waals surface area contributed by atoms with Crippen molar-refractivity contribution in [2.45, 2.75) is 18.6 Å². The third kappa shape index (κ3) is 4.53. The van der Waals surface area contributed by atoms with Crippen molar-refractivity contribution in [2.75, 3.05) is 25.3 Å². The minimum absolute atomic E-state index is 0.213. The minimum Gasteiger partial charge on any atom is -0.365 e. The van der Waals surface area contributed by atoms with Crippen molar-refractivity contribution in [3.05, 3.63) is 42.5 Å². The first kappa shape index (κ1) is 19.9. The number of halogens is 5. The van der Waals surface area contributed by atoms with Crippen molar-refractivity contribution in [2.24, 2.45) is 0 Å². The fraction of sp³-hybridized carbons (Fsp3) is 0.353. The van der Waals surface area contributed by atoms with Gasteiger partial charge in [-0.3, -0.25) is 9.38 Å². The first-order valence-corrected chi connectivity index (χ1v) is 8.38. The Kier molecular flexibility index (Phi) is 6.02. The van der Waals surface area contributed by atoms with Crippen LogP contribution in [0.15, 0.2) is 36.9 Å². The molecule has 0 radical (unpaired) electrons. The second-order valence-electron chi connectivity index (χ2n) is 6.01. The average molecular weight is 400 g/mol. The lowest BCUT2D eigenvalue weighted by atomic mass is 10.2. The lowest BCUT2D eigenvalue weighted by Gasteiger charge is -2.12. The van der Waals surface area contributed by atoms with Gasteiger partial charge in [-0.2, -0.15) is 13.2 Å². The molecule has 1 saturated heterocycles. The van der Waals surface area contributed by atoms with E-state index in [1.54, 1.807) is 16.8 Å². The Morgan fingerprint density at radius 1 is 1.21 bits per heavy atom. The minimum atomic E-state index is -4.40. The molecule has 6 nitrogen and oxygen atoms in total. The Hall–Kier alpha value is -2.82. The second-order valence-corrected chi connectivity index (χ2v) is 6.01. The van der Waals surface area contributed by atoms with Gasteiger partial charge in [-0.25, -0.2) is 18.7 Å². The SMILES string of the molecule is FC(F)(F)c1ccn2c(-c3cncc(NC4CCNC4)n3)cnc2c1.FCF. The van der Waals surface area contributed by atoms with Crippen LogP contribution in [-0.2, 0) is 6.18 Å². The number of fused-ring (bicyclic) bond motifs is 1. The summed E-state index contributed by atoms with van der Waals surface area (Å²) in [5.41, 5.74) is 0.616. The maximum absolute atomic E-state index is 12.8. The van der Waals surface area contributed by atoms with Crippen molar-refractivity contribution < 1.29 is 22.0 Å². The number of alkyl halides is 5. The van der Waals surface area contributed by atoms with Crippen LogP contribution >= 0.6 is 0 Å². The van der Waals surface area contributed by atoms with Gasteiger partial charge < -0.3 is 10.6 Å². The maximum atomic E-state index is 12.8. The Bertz CT molecular complexity index is 920. The Balaban J connectivity index is 0.000000706. The van der Waals surface area contributed by atoms with Crippen LogP contribution in [0, 0.1) is 0 Å². The van der Waals surface area contributed by atoms with Crippen molar-refractivity contribution in [3.63, 3.8) is 0 Å². The van der Waals surface area contributed by atoms with Crippen LogP contribution < -0.4 is 10.6 Å². The topological polar surface area (TPSA) is 67.1 Å². The van der Waals surface area contributed by atoms with Crippen LogP contribution in [0.4, 0.5) is 27.8 Å². The normalized spacial score (nSPS) is 16.7. The van der Waals surface area contributed by atoms with Crippen LogP contribution in [0.25, 0.3) is 17.0 Å². The summed E-state index contributed by atoms with van der Waals surface area (Å²) >= 11 is 0. The Morgan fingerprint density at radius 3 is 2.68 bits per heavy atom. The molecule has 1 aliphatic heterocycles. The number of pyridine rings is 1. The summed E-state index contributed by atoms with van der Waals surface area (Å²) in [5, 5.41) is 6.57. The number of hydrogen-bond acceptors (Lipinski definition) is 5. The first-order chi connectivity index (χ1) is 13.4. The van der Waals surface area contributed by atoms with Crippen molar-refractivity contribution in [1.29, 1.82) is 0 Å². The zero-order valence-corrected chi connectivity index (χ0v) is 14.5. The number of anilines is 1. The van der Waals surface area contributed by atoms with Crippen molar-refractivity contribution in [1.82, 2.24) is 24.7 Å². The van der Waals surface area contributed by atoms with Gasteiger partial charge in [0.15, 0.2) is 0 Å². The lowest BCUT2D eigenvalue weighted by molar-refractivity contribution is -0.137. The summed E-state index contributed by atoms with van der Waals surface area (Å²) in [5.74, 6) is 0.632. The highest BCUT2D eigenvalue weighted by atomic mass is 19.4. The number of rotatable bonds is 3. The number of nitrogens with zero attached hydrogens (tertiary/aromatic N) is 4. The molecule has 1 fully saturated rings. The highest BCUT2D eigenvalue weighted by Gasteiger charge is 2.31. The smallest absolute Gasteiger partial charge is 0.365 e. The predicted molar refractivity (Wildman–Crippen MR) is 93.2 cm³/mol. The Morgan fingerprint density at radius 2 is 2.00 bits per heavy atom. The number of nitrogens with one attached hydrogen (secondary N) is 2. The summed E-state index contributed by atoms with van der Waals surface area (Å²) in [6, 6.07) is 2.34. The van der Waals surface area contributed by atoms with E-state index in [4.69, 9.17) is 0 Å². The molecule has 2 N–H and O–H groups in total. The lowest BCUT2D eigenvalue weighted by Crippen LogP contribution is -2.22. The standard InChI is InChI=1S/C16H15F3N6.CH2F2/c17-16(18,19)10-2-4-25-13(8-22-15(25)5-10)12-7-21-9-14(24-12)23-11-1-3-20-6-11;2-1-3/h2,4-5,7-9,11,20H,1,3,6H2,(H,23,24);1H2. The number of aromatic nitrogens is 4. The average Bonchev–Trinajstić information content (AvgIpc) is 3.31. The fourth-order valence-corrected chi connectivity index (χ4v) is 2.89. The number of imidazole rings is 1. The van der Waals surface area contributed by atoms with E-state index in [1.807, 2.05) is 0 Å². The largest absolute Gasteiger partial charge is 0.416 e. The van der Waals surface area contributed by atoms with Gasteiger partial charge in [-0.05, 0) is 25.1 Å². The van der Waals surface area contributed by atoms with E-state index in [9.17, 15) is 22.0 Å². The van der Waals surface area contributed by atoms with E-state index in [1.165, 1.54) is 12.4 Å². The molecule has 3 aromatic rings. The van der Waals surface area contributed by atoms with Gasteiger partial charge in [-0.1, -0.05) is 0 Å². The van der Waals surface area contributed by atoms with Crippen LogP contribution in [0.2, 0.25) is 0 Å². The molecule has 28 heavy (non-hydrogen) atoms. The van der Waals surface area contributed by atoms with E-state index in [2.05, 4.69) is 25.6 Å². The summed E-state index contributed by atoms with van der Waals surface area (Å²) in [6.45, 7) is 0.0708. The van der Waals surface area contributed by atoms with Gasteiger partial charge in [0.1, 0.15) is 17.2 Å². The highest BCUT2D eigenvalue weighted by Crippen LogP contribution is 2.30. The molecule has 0 aromatic carbocycles. The van der Waals surface area contributed by atoms with Crippen molar-refractivity contribution in [3.8, 4) is 11.4 Å². The number of hydrogen-bond donors (Lipinski definition) is 2. The summed E-state index contributed by atoms with van der Waals surface area (Å²) in [6.07, 6.45) is 2.66. The summed E-state index contributed by atoms with van der Waals surface area (Å²) < 4.78 is 59.3. The summed E-state index contributed by atoms with van der Waals surface area (Å²) in [7, 11) is 0. The van der Waals surface area contributed by atoms with Gasteiger partial charge in [0.05, 0.1) is 29.8 Å². The van der Waals surface area contributed by atoms with Crippen LogP contribution in [0.5, 0.6) is 0 Å². The van der Waals surface area contributed by atoms with E-state index in [-0.39, 0.29) is 5.65 Å². The molecule has 0 spiro atoms. The fourth-order valence-electron chi connectivity index (χ4n) is 2.89. The van der Waals surface area contributed by atoms with Gasteiger partial charge in [0.2, 0.25) is 6.93 Å². The molecule has 0 saturated carbocycles. The molecule has 4 heterocycles. The third-order valence-electron chi connectivity index (χ3n) is 4.15. The van der Waals surface area contributed by atoms with E-state index >= 15 is 0 Å². The molecule has 11 heteroatoms. The van der Waals surface area contributed by atoms with E-state index in [0.717, 1.165) is 31.6 Å². The summed E-state index contributed by atoms with van der Waals surface area (Å²) in [4.78, 5) is 12.8. The van der Waals surface area contributed by atoms with Gasteiger partial charge in [0, 0.05) is 18.8 Å². The molecular formula is C17H17F5N6. The highest BCUT2D eigenvalue weighted by molar-refractivity contribution is 5.61. The molecule has 3 aromatic heterocycles. The first-order valence-electron chi connectivity index (χ1n) is 8.38. The van der Waals surface area contributed by atoms with Gasteiger partial charge in [0.25, 0.3) is 0 Å². The molecular weight excluding hydrogens is 383 g/mol.